The summed E-state index contributed by atoms with van der Waals surface area (Å²) in [7, 11) is 3.53. The number of aryl methyl sites for hydroxylation is 1. The summed E-state index contributed by atoms with van der Waals surface area (Å²) in [6.45, 7) is 8.33. The third-order valence-electron chi connectivity index (χ3n) is 3.21. The molecule has 0 aliphatic carbocycles. The zero-order valence-electron chi connectivity index (χ0n) is 11.5. The molecule has 17 heavy (non-hydrogen) atoms. The molecule has 0 spiro atoms. The second-order valence-corrected chi connectivity index (χ2v) is 5.56. The minimum atomic E-state index is -0.134. The van der Waals surface area contributed by atoms with Crippen molar-refractivity contribution >= 4 is 11.6 Å². The van der Waals surface area contributed by atoms with Gasteiger partial charge in [-0.1, -0.05) is 20.8 Å². The van der Waals surface area contributed by atoms with Crippen molar-refractivity contribution in [3.05, 3.63) is 11.9 Å². The molecule has 1 amide bonds. The highest BCUT2D eigenvalue weighted by Gasteiger charge is 2.29. The van der Waals surface area contributed by atoms with Crippen molar-refractivity contribution in [2.45, 2.75) is 33.7 Å². The van der Waals surface area contributed by atoms with Crippen LogP contribution in [-0.4, -0.2) is 33.7 Å². The van der Waals surface area contributed by atoms with Crippen molar-refractivity contribution in [1.29, 1.82) is 0 Å². The highest BCUT2D eigenvalue weighted by molar-refractivity contribution is 5.97. The molecule has 0 aromatic carbocycles. The summed E-state index contributed by atoms with van der Waals surface area (Å²) >= 11 is 0. The van der Waals surface area contributed by atoms with Crippen LogP contribution >= 0.6 is 0 Å². The van der Waals surface area contributed by atoms with Crippen LogP contribution in [0.25, 0.3) is 0 Å². The molecule has 0 saturated carbocycles. The number of nitrogens with two attached hydrogens (primary N) is 1. The van der Waals surface area contributed by atoms with Crippen LogP contribution in [0.2, 0.25) is 0 Å². The van der Waals surface area contributed by atoms with E-state index in [1.54, 1.807) is 29.9 Å². The van der Waals surface area contributed by atoms with E-state index in [1.165, 1.54) is 0 Å². The molecule has 0 radical (unpaired) electrons. The fourth-order valence-electron chi connectivity index (χ4n) is 1.60. The molecule has 1 atom stereocenters. The van der Waals surface area contributed by atoms with Crippen molar-refractivity contribution in [3.63, 3.8) is 0 Å². The molecule has 0 saturated heterocycles. The maximum Gasteiger partial charge on any atom is 0.276 e. The van der Waals surface area contributed by atoms with E-state index < -0.39 is 0 Å². The Labute approximate surface area is 103 Å². The maximum atomic E-state index is 12.2. The third-order valence-corrected chi connectivity index (χ3v) is 3.21. The van der Waals surface area contributed by atoms with Crippen LogP contribution < -0.4 is 5.73 Å². The number of hydrogen-bond acceptors (Lipinski definition) is 3. The lowest BCUT2D eigenvalue weighted by Gasteiger charge is -2.35. The van der Waals surface area contributed by atoms with E-state index in [2.05, 4.69) is 25.9 Å². The number of amides is 1. The van der Waals surface area contributed by atoms with Crippen molar-refractivity contribution in [3.8, 4) is 0 Å². The van der Waals surface area contributed by atoms with Gasteiger partial charge in [-0.3, -0.25) is 9.48 Å². The average molecular weight is 238 g/mol. The number of hydrogen-bond donors (Lipinski definition) is 1. The van der Waals surface area contributed by atoms with Crippen LogP contribution in [0.1, 0.15) is 38.2 Å². The molecule has 5 heteroatoms. The quantitative estimate of drug-likeness (QED) is 0.849. The van der Waals surface area contributed by atoms with Gasteiger partial charge in [-0.2, -0.15) is 5.10 Å². The Hall–Kier alpha value is -1.52. The van der Waals surface area contributed by atoms with Crippen LogP contribution in [0.4, 0.5) is 5.69 Å². The molecule has 0 aliphatic heterocycles. The molecule has 1 aromatic heterocycles. The molecule has 2 N–H and O–H groups in total. The predicted octanol–water partition coefficient (Wildman–Crippen LogP) is 1.51. The van der Waals surface area contributed by atoms with E-state index in [9.17, 15) is 4.79 Å². The first-order chi connectivity index (χ1) is 7.64. The van der Waals surface area contributed by atoms with Crippen LogP contribution in [0.3, 0.4) is 0 Å². The molecule has 1 heterocycles. The zero-order chi connectivity index (χ0) is 13.4. The lowest BCUT2D eigenvalue weighted by atomic mass is 9.87. The maximum absolute atomic E-state index is 12.2. The number of rotatable bonds is 2. The van der Waals surface area contributed by atoms with E-state index in [0.29, 0.717) is 11.4 Å². The lowest BCUT2D eigenvalue weighted by Crippen LogP contribution is -2.43. The van der Waals surface area contributed by atoms with Gasteiger partial charge < -0.3 is 10.6 Å². The predicted molar refractivity (Wildman–Crippen MR) is 68.6 cm³/mol. The molecular formula is C12H22N4O. The summed E-state index contributed by atoms with van der Waals surface area (Å²) in [4.78, 5) is 13.9. The highest BCUT2D eigenvalue weighted by atomic mass is 16.2. The summed E-state index contributed by atoms with van der Waals surface area (Å²) in [6.07, 6.45) is 1.64. The van der Waals surface area contributed by atoms with E-state index >= 15 is 0 Å². The Balaban J connectivity index is 2.95. The smallest absolute Gasteiger partial charge is 0.276 e. The number of nitrogens with zero attached hydrogens (tertiary/aromatic N) is 3. The van der Waals surface area contributed by atoms with Gasteiger partial charge in [-0.25, -0.2) is 0 Å². The average Bonchev–Trinajstić information content (AvgIpc) is 2.53. The molecule has 0 aliphatic rings. The number of anilines is 1. The lowest BCUT2D eigenvalue weighted by molar-refractivity contribution is 0.0623. The largest absolute Gasteiger partial charge is 0.396 e. The fourth-order valence-corrected chi connectivity index (χ4v) is 1.60. The second kappa shape index (κ2) is 4.39. The molecule has 1 aromatic rings. The van der Waals surface area contributed by atoms with Gasteiger partial charge in [0, 0.05) is 26.3 Å². The van der Waals surface area contributed by atoms with Gasteiger partial charge >= 0.3 is 0 Å². The topological polar surface area (TPSA) is 64.2 Å². The zero-order valence-corrected chi connectivity index (χ0v) is 11.5. The molecular weight excluding hydrogens is 216 g/mol. The Morgan fingerprint density at radius 1 is 1.53 bits per heavy atom. The van der Waals surface area contributed by atoms with E-state index in [1.807, 2.05) is 6.92 Å². The van der Waals surface area contributed by atoms with E-state index in [0.717, 1.165) is 0 Å². The van der Waals surface area contributed by atoms with Crippen LogP contribution in [0.5, 0.6) is 0 Å². The minimum absolute atomic E-state index is 0.0218. The Morgan fingerprint density at radius 3 is 2.41 bits per heavy atom. The minimum Gasteiger partial charge on any atom is -0.396 e. The number of carbonyl (C=O) groups is 1. The Bertz CT molecular complexity index is 417. The van der Waals surface area contributed by atoms with Crippen molar-refractivity contribution in [2.75, 3.05) is 12.8 Å². The van der Waals surface area contributed by atoms with Gasteiger partial charge in [0.2, 0.25) is 0 Å². The summed E-state index contributed by atoms with van der Waals surface area (Å²) in [5.41, 5.74) is 6.53. The summed E-state index contributed by atoms with van der Waals surface area (Å²) in [6, 6.07) is 0.108. The normalized spacial score (nSPS) is 13.5. The number of aromatic nitrogens is 2. The van der Waals surface area contributed by atoms with Crippen molar-refractivity contribution in [1.82, 2.24) is 14.7 Å². The first-order valence-corrected chi connectivity index (χ1v) is 5.71. The SMILES string of the molecule is CC(N(C)C(=O)c1nn(C)cc1N)C(C)(C)C. The van der Waals surface area contributed by atoms with Crippen LogP contribution in [0, 0.1) is 5.41 Å². The first kappa shape index (κ1) is 13.5. The molecule has 0 fully saturated rings. The monoisotopic (exact) mass is 238 g/mol. The standard InChI is InChI=1S/C12H22N4O/c1-8(12(2,3)4)16(6)11(17)10-9(13)7-15(5)14-10/h7-8H,13H2,1-6H3. The van der Waals surface area contributed by atoms with Crippen molar-refractivity contribution in [2.24, 2.45) is 12.5 Å². The summed E-state index contributed by atoms with van der Waals surface area (Å²) in [5.74, 6) is -0.134. The van der Waals surface area contributed by atoms with Gasteiger partial charge in [0.15, 0.2) is 5.69 Å². The molecule has 1 unspecified atom stereocenters. The molecule has 96 valence electrons. The van der Waals surface area contributed by atoms with Gasteiger partial charge in [-0.05, 0) is 12.3 Å². The van der Waals surface area contributed by atoms with Gasteiger partial charge in [0.1, 0.15) is 0 Å². The molecule has 1 rings (SSSR count). The first-order valence-electron chi connectivity index (χ1n) is 5.71. The van der Waals surface area contributed by atoms with Gasteiger partial charge in [-0.15, -0.1) is 0 Å². The Kier molecular flexibility index (Phi) is 3.50. The van der Waals surface area contributed by atoms with Gasteiger partial charge in [0.05, 0.1) is 5.69 Å². The fraction of sp³-hybridized carbons (Fsp3) is 0.667. The van der Waals surface area contributed by atoms with Crippen LogP contribution in [0.15, 0.2) is 6.20 Å². The van der Waals surface area contributed by atoms with Crippen molar-refractivity contribution < 1.29 is 4.79 Å². The third kappa shape index (κ3) is 2.78. The van der Waals surface area contributed by atoms with E-state index in [-0.39, 0.29) is 17.4 Å². The van der Waals surface area contributed by atoms with Crippen LogP contribution in [-0.2, 0) is 7.05 Å². The highest BCUT2D eigenvalue weighted by Crippen LogP contribution is 2.24. The van der Waals surface area contributed by atoms with Gasteiger partial charge in [0.25, 0.3) is 5.91 Å². The molecule has 5 nitrogen and oxygen atoms in total. The second-order valence-electron chi connectivity index (χ2n) is 5.56. The molecule has 0 bridgehead atoms. The number of carbonyl (C=O) groups excluding carboxylic acids is 1. The number of nitrogen functional groups attached to an aromatic ring is 1. The summed E-state index contributed by atoms with van der Waals surface area (Å²) < 4.78 is 1.55. The van der Waals surface area contributed by atoms with E-state index in [4.69, 9.17) is 5.73 Å². The Morgan fingerprint density at radius 2 is 2.06 bits per heavy atom. The summed E-state index contributed by atoms with van der Waals surface area (Å²) in [5, 5.41) is 4.10.